The van der Waals surface area contributed by atoms with Gasteiger partial charge in [0.15, 0.2) is 0 Å². The molecule has 2 aliphatic rings. The summed E-state index contributed by atoms with van der Waals surface area (Å²) in [5.41, 5.74) is 1.14. The standard InChI is InChI=1S/C18H28N4O2/c1-21-9-4-16(5-10-21)22(14-15-2-6-19-7-3-15)18(23)12-17-13-20-8-11-24-17/h2-3,6-7,16-17,20H,4-5,8-14H2,1H3/t17-/m1/s1. The van der Waals surface area contributed by atoms with Crippen LogP contribution in [0, 0.1) is 0 Å². The van der Waals surface area contributed by atoms with E-state index in [4.69, 9.17) is 4.74 Å². The SMILES string of the molecule is CN1CCC(N(Cc2ccncc2)C(=O)C[C@@H]2CNCCO2)CC1. The number of morpholine rings is 1. The Morgan fingerprint density at radius 3 is 2.79 bits per heavy atom. The van der Waals surface area contributed by atoms with E-state index in [-0.39, 0.29) is 12.0 Å². The van der Waals surface area contributed by atoms with Crippen molar-refractivity contribution in [3.63, 3.8) is 0 Å². The number of likely N-dealkylation sites (tertiary alicyclic amines) is 1. The van der Waals surface area contributed by atoms with Crippen LogP contribution in [-0.4, -0.2) is 72.7 Å². The number of carbonyl (C=O) groups is 1. The van der Waals surface area contributed by atoms with Crippen LogP contribution in [0.2, 0.25) is 0 Å². The van der Waals surface area contributed by atoms with Gasteiger partial charge < -0.3 is 19.9 Å². The Hall–Kier alpha value is -1.50. The van der Waals surface area contributed by atoms with Crippen molar-refractivity contribution in [2.45, 2.75) is 38.0 Å². The van der Waals surface area contributed by atoms with E-state index < -0.39 is 0 Å². The lowest BCUT2D eigenvalue weighted by atomic mass is 10.0. The molecular weight excluding hydrogens is 304 g/mol. The molecule has 132 valence electrons. The lowest BCUT2D eigenvalue weighted by molar-refractivity contribution is -0.138. The van der Waals surface area contributed by atoms with Gasteiger partial charge in [0.05, 0.1) is 19.1 Å². The first-order valence-corrected chi connectivity index (χ1v) is 8.91. The summed E-state index contributed by atoms with van der Waals surface area (Å²) in [7, 11) is 2.15. The second-order valence-electron chi connectivity index (χ2n) is 6.81. The minimum Gasteiger partial charge on any atom is -0.375 e. The molecule has 0 aromatic carbocycles. The van der Waals surface area contributed by atoms with Crippen molar-refractivity contribution in [2.75, 3.05) is 39.8 Å². The number of hydrogen-bond acceptors (Lipinski definition) is 5. The Kier molecular flexibility index (Phi) is 6.18. The third-order valence-corrected chi connectivity index (χ3v) is 4.96. The Balaban J connectivity index is 1.67. The van der Waals surface area contributed by atoms with Gasteiger partial charge in [0.25, 0.3) is 0 Å². The zero-order chi connectivity index (χ0) is 16.8. The zero-order valence-corrected chi connectivity index (χ0v) is 14.5. The first kappa shape index (κ1) is 17.3. The lowest BCUT2D eigenvalue weighted by Crippen LogP contribution is -2.48. The van der Waals surface area contributed by atoms with Gasteiger partial charge in [0.1, 0.15) is 0 Å². The third-order valence-electron chi connectivity index (χ3n) is 4.96. The van der Waals surface area contributed by atoms with Crippen LogP contribution >= 0.6 is 0 Å². The molecule has 0 unspecified atom stereocenters. The predicted octanol–water partition coefficient (Wildman–Crippen LogP) is 0.883. The fourth-order valence-electron chi connectivity index (χ4n) is 3.48. The number of rotatable bonds is 5. The fourth-order valence-corrected chi connectivity index (χ4v) is 3.48. The number of piperidine rings is 1. The zero-order valence-electron chi connectivity index (χ0n) is 14.5. The molecule has 2 fully saturated rings. The van der Waals surface area contributed by atoms with E-state index in [0.717, 1.165) is 44.6 Å². The monoisotopic (exact) mass is 332 g/mol. The molecule has 2 saturated heterocycles. The second-order valence-corrected chi connectivity index (χ2v) is 6.81. The summed E-state index contributed by atoms with van der Waals surface area (Å²) in [5.74, 6) is 0.204. The molecule has 1 aromatic rings. The van der Waals surface area contributed by atoms with Crippen molar-refractivity contribution in [3.8, 4) is 0 Å². The summed E-state index contributed by atoms with van der Waals surface area (Å²) in [6, 6.07) is 4.31. The molecular formula is C18H28N4O2. The minimum atomic E-state index is -0.00236. The summed E-state index contributed by atoms with van der Waals surface area (Å²) >= 11 is 0. The van der Waals surface area contributed by atoms with Gasteiger partial charge in [-0.3, -0.25) is 9.78 Å². The van der Waals surface area contributed by atoms with Crippen LogP contribution in [0.1, 0.15) is 24.8 Å². The van der Waals surface area contributed by atoms with Gasteiger partial charge in [-0.1, -0.05) is 0 Å². The Morgan fingerprint density at radius 2 is 2.12 bits per heavy atom. The first-order chi connectivity index (χ1) is 11.7. The molecule has 3 rings (SSSR count). The molecule has 0 radical (unpaired) electrons. The van der Waals surface area contributed by atoms with Crippen LogP contribution in [0.4, 0.5) is 0 Å². The number of ether oxygens (including phenoxy) is 1. The van der Waals surface area contributed by atoms with Crippen LogP contribution in [-0.2, 0) is 16.1 Å². The predicted molar refractivity (Wildman–Crippen MR) is 92.5 cm³/mol. The van der Waals surface area contributed by atoms with Crippen molar-refractivity contribution >= 4 is 5.91 Å². The second kappa shape index (κ2) is 8.55. The van der Waals surface area contributed by atoms with Gasteiger partial charge in [0.2, 0.25) is 5.91 Å². The summed E-state index contributed by atoms with van der Waals surface area (Å²) < 4.78 is 5.73. The molecule has 1 atom stereocenters. The van der Waals surface area contributed by atoms with Gasteiger partial charge >= 0.3 is 0 Å². The van der Waals surface area contributed by atoms with Crippen LogP contribution in [0.25, 0.3) is 0 Å². The van der Waals surface area contributed by atoms with E-state index in [1.807, 2.05) is 12.1 Å². The fraction of sp³-hybridized carbons (Fsp3) is 0.667. The molecule has 1 aromatic heterocycles. The maximum absolute atomic E-state index is 13.0. The summed E-state index contributed by atoms with van der Waals surface area (Å²) in [6.07, 6.45) is 6.12. The Labute approximate surface area is 144 Å². The van der Waals surface area contributed by atoms with Crippen LogP contribution < -0.4 is 5.32 Å². The van der Waals surface area contributed by atoms with Crippen molar-refractivity contribution in [3.05, 3.63) is 30.1 Å². The van der Waals surface area contributed by atoms with E-state index in [0.29, 0.717) is 25.6 Å². The maximum atomic E-state index is 13.0. The number of aromatic nitrogens is 1. The molecule has 0 aliphatic carbocycles. The molecule has 6 nitrogen and oxygen atoms in total. The molecule has 0 spiro atoms. The number of carbonyl (C=O) groups excluding carboxylic acids is 1. The van der Waals surface area contributed by atoms with E-state index >= 15 is 0 Å². The van der Waals surface area contributed by atoms with Gasteiger partial charge in [0, 0.05) is 38.1 Å². The van der Waals surface area contributed by atoms with Crippen molar-refractivity contribution in [1.29, 1.82) is 0 Å². The molecule has 3 heterocycles. The number of hydrogen-bond donors (Lipinski definition) is 1. The summed E-state index contributed by atoms with van der Waals surface area (Å²) in [5, 5.41) is 3.30. The highest BCUT2D eigenvalue weighted by atomic mass is 16.5. The topological polar surface area (TPSA) is 57.7 Å². The summed E-state index contributed by atoms with van der Waals surface area (Å²) in [4.78, 5) is 21.5. The molecule has 2 aliphatic heterocycles. The maximum Gasteiger partial charge on any atom is 0.225 e. The highest BCUT2D eigenvalue weighted by Gasteiger charge is 2.29. The van der Waals surface area contributed by atoms with Crippen molar-refractivity contribution in [1.82, 2.24) is 20.1 Å². The molecule has 1 amide bonds. The van der Waals surface area contributed by atoms with Crippen molar-refractivity contribution < 1.29 is 9.53 Å². The molecule has 0 bridgehead atoms. The normalized spacial score (nSPS) is 23.1. The van der Waals surface area contributed by atoms with Gasteiger partial charge in [-0.2, -0.15) is 0 Å². The highest BCUT2D eigenvalue weighted by Crippen LogP contribution is 2.20. The lowest BCUT2D eigenvalue weighted by Gasteiger charge is -2.38. The van der Waals surface area contributed by atoms with Gasteiger partial charge in [-0.25, -0.2) is 0 Å². The summed E-state index contributed by atoms with van der Waals surface area (Å²) in [6.45, 7) is 5.09. The van der Waals surface area contributed by atoms with Crippen molar-refractivity contribution in [2.24, 2.45) is 0 Å². The van der Waals surface area contributed by atoms with Gasteiger partial charge in [-0.15, -0.1) is 0 Å². The van der Waals surface area contributed by atoms with Crippen LogP contribution in [0.3, 0.4) is 0 Å². The van der Waals surface area contributed by atoms with Gasteiger partial charge in [-0.05, 0) is 50.7 Å². The Morgan fingerprint density at radius 1 is 1.38 bits per heavy atom. The number of amides is 1. The number of pyridine rings is 1. The first-order valence-electron chi connectivity index (χ1n) is 8.91. The Bertz CT molecular complexity index is 511. The van der Waals surface area contributed by atoms with E-state index in [1.54, 1.807) is 12.4 Å². The molecule has 6 heteroatoms. The highest BCUT2D eigenvalue weighted by molar-refractivity contribution is 5.77. The molecule has 24 heavy (non-hydrogen) atoms. The van der Waals surface area contributed by atoms with E-state index in [2.05, 4.69) is 27.1 Å². The average molecular weight is 332 g/mol. The van der Waals surface area contributed by atoms with Crippen LogP contribution in [0.5, 0.6) is 0 Å². The largest absolute Gasteiger partial charge is 0.375 e. The van der Waals surface area contributed by atoms with E-state index in [9.17, 15) is 4.79 Å². The molecule has 1 N–H and O–H groups in total. The smallest absolute Gasteiger partial charge is 0.225 e. The minimum absolute atomic E-state index is 0.00236. The number of nitrogens with zero attached hydrogens (tertiary/aromatic N) is 3. The quantitative estimate of drug-likeness (QED) is 0.868. The molecule has 0 saturated carbocycles. The number of nitrogens with one attached hydrogen (secondary N) is 1. The third kappa shape index (κ3) is 4.75. The van der Waals surface area contributed by atoms with E-state index in [1.165, 1.54) is 0 Å². The van der Waals surface area contributed by atoms with Crippen LogP contribution in [0.15, 0.2) is 24.5 Å². The average Bonchev–Trinajstić information content (AvgIpc) is 2.62.